The fourth-order valence-corrected chi connectivity index (χ4v) is 6.95. The Morgan fingerprint density at radius 1 is 0.765 bits per heavy atom. The molecule has 286 valence electrons. The second-order valence-corrected chi connectivity index (χ2v) is 14.6. The number of carbonyl (C=O) groups is 2. The van der Waals surface area contributed by atoms with Crippen molar-refractivity contribution in [3.8, 4) is 0 Å². The number of unbranched alkanes of at least 4 members (excludes halogenated alkanes) is 12. The topological polar surface area (TPSA) is 100 Å². The molecule has 2 aromatic carbocycles. The molecule has 2 amide bonds. The number of amides is 2. The van der Waals surface area contributed by atoms with Crippen LogP contribution in [-0.2, 0) is 25.7 Å². The minimum absolute atomic E-state index is 0.0111. The molecule has 1 aliphatic heterocycles. The lowest BCUT2D eigenvalue weighted by Gasteiger charge is -2.43. The van der Waals surface area contributed by atoms with Gasteiger partial charge in [0.25, 0.3) is 0 Å². The highest BCUT2D eigenvalue weighted by Crippen LogP contribution is 2.42. The third kappa shape index (κ3) is 16.6. The van der Waals surface area contributed by atoms with Gasteiger partial charge in [0.2, 0.25) is 11.8 Å². The van der Waals surface area contributed by atoms with E-state index in [-0.39, 0.29) is 36.5 Å². The SMILES string of the molecule is CCCCCCCCN(CCCCCCCC)C[C@H]1O[C@@H](c2cccc(NC(=O)CCCCCNC(C)=O)c2)O[C@@H](c2ccc(CO)cc2)[C@H]1C. The number of anilines is 1. The van der Waals surface area contributed by atoms with Crippen molar-refractivity contribution in [3.63, 3.8) is 0 Å². The first kappa shape index (κ1) is 42.6. The van der Waals surface area contributed by atoms with Crippen molar-refractivity contribution in [1.82, 2.24) is 10.2 Å². The Kier molecular flexibility index (Phi) is 21.1. The number of hydrogen-bond acceptors (Lipinski definition) is 6. The molecule has 0 aliphatic carbocycles. The Balaban J connectivity index is 1.72. The van der Waals surface area contributed by atoms with E-state index >= 15 is 0 Å². The summed E-state index contributed by atoms with van der Waals surface area (Å²) in [5.74, 6) is 0.0702. The molecule has 8 nitrogen and oxygen atoms in total. The summed E-state index contributed by atoms with van der Waals surface area (Å²) in [6.45, 7) is 12.0. The molecule has 1 saturated heterocycles. The highest BCUT2D eigenvalue weighted by atomic mass is 16.7. The van der Waals surface area contributed by atoms with Crippen LogP contribution in [-0.4, -0.2) is 54.1 Å². The fraction of sp³-hybridized carbons (Fsp3) is 0.674. The van der Waals surface area contributed by atoms with Gasteiger partial charge in [-0.1, -0.05) is 128 Å². The molecule has 0 unspecified atom stereocenters. The van der Waals surface area contributed by atoms with Crippen molar-refractivity contribution in [3.05, 3.63) is 65.2 Å². The lowest BCUT2D eigenvalue weighted by Crippen LogP contribution is -2.45. The van der Waals surface area contributed by atoms with Gasteiger partial charge in [-0.3, -0.25) is 9.59 Å². The zero-order valence-corrected chi connectivity index (χ0v) is 32.3. The Labute approximate surface area is 309 Å². The number of benzene rings is 2. The predicted molar refractivity (Wildman–Crippen MR) is 208 cm³/mol. The summed E-state index contributed by atoms with van der Waals surface area (Å²) in [4.78, 5) is 26.5. The van der Waals surface area contributed by atoms with E-state index in [9.17, 15) is 14.7 Å². The zero-order valence-electron chi connectivity index (χ0n) is 32.3. The van der Waals surface area contributed by atoms with Crippen LogP contribution in [0.25, 0.3) is 0 Å². The van der Waals surface area contributed by atoms with Gasteiger partial charge in [0.15, 0.2) is 6.29 Å². The molecule has 3 N–H and O–H groups in total. The van der Waals surface area contributed by atoms with Crippen LogP contribution in [0, 0.1) is 5.92 Å². The summed E-state index contributed by atoms with van der Waals surface area (Å²) in [7, 11) is 0. The van der Waals surface area contributed by atoms with Crippen LogP contribution in [0.2, 0.25) is 0 Å². The summed E-state index contributed by atoms with van der Waals surface area (Å²) in [6.07, 6.45) is 17.6. The molecular weight excluding hydrogens is 638 g/mol. The number of carbonyl (C=O) groups excluding carboxylic acids is 2. The van der Waals surface area contributed by atoms with Crippen LogP contribution >= 0.6 is 0 Å². The van der Waals surface area contributed by atoms with E-state index in [0.717, 1.165) is 61.3 Å². The second-order valence-electron chi connectivity index (χ2n) is 14.6. The smallest absolute Gasteiger partial charge is 0.224 e. The van der Waals surface area contributed by atoms with E-state index in [1.807, 2.05) is 36.4 Å². The molecule has 3 rings (SSSR count). The molecule has 1 aliphatic rings. The number of aliphatic hydroxyl groups excluding tert-OH is 1. The summed E-state index contributed by atoms with van der Waals surface area (Å²) in [5, 5.41) is 15.5. The monoisotopic (exact) mass is 708 g/mol. The van der Waals surface area contributed by atoms with Crippen molar-refractivity contribution in [2.75, 3.05) is 31.5 Å². The maximum Gasteiger partial charge on any atom is 0.224 e. The third-order valence-corrected chi connectivity index (χ3v) is 10.1. The molecule has 0 aromatic heterocycles. The number of aliphatic hydroxyl groups is 1. The molecule has 1 fully saturated rings. The standard InChI is InChI=1S/C43H69N3O5/c1-5-7-9-11-13-18-29-46(30-19-14-12-10-8-6-2)32-40-34(3)42(37-26-24-36(33-47)25-27-37)51-43(50-40)38-21-20-22-39(31-38)45-41(49)23-16-15-17-28-44-35(4)48/h20-22,24-27,31,34,40,42-43,47H,5-19,23,28-30,32-33H2,1-4H3,(H,44,48)(H,45,49)/t34-,40+,42+,43+/m0/s1. The molecule has 2 aromatic rings. The van der Waals surface area contributed by atoms with E-state index in [1.54, 1.807) is 0 Å². The summed E-state index contributed by atoms with van der Waals surface area (Å²) < 4.78 is 13.6. The largest absolute Gasteiger partial charge is 0.392 e. The van der Waals surface area contributed by atoms with Crippen LogP contribution in [0.4, 0.5) is 5.69 Å². The van der Waals surface area contributed by atoms with Crippen molar-refractivity contribution in [2.24, 2.45) is 5.92 Å². The molecular formula is C43H69N3O5. The third-order valence-electron chi connectivity index (χ3n) is 10.1. The van der Waals surface area contributed by atoms with Gasteiger partial charge in [0, 0.05) is 43.6 Å². The maximum absolute atomic E-state index is 12.8. The first-order valence-electron chi connectivity index (χ1n) is 20.2. The number of nitrogens with zero attached hydrogens (tertiary/aromatic N) is 1. The molecule has 0 spiro atoms. The molecule has 51 heavy (non-hydrogen) atoms. The quantitative estimate of drug-likeness (QED) is 0.0843. The number of ether oxygens (including phenoxy) is 2. The lowest BCUT2D eigenvalue weighted by molar-refractivity contribution is -0.276. The molecule has 8 heteroatoms. The van der Waals surface area contributed by atoms with E-state index in [0.29, 0.717) is 13.0 Å². The second kappa shape index (κ2) is 25.2. The van der Waals surface area contributed by atoms with Gasteiger partial charge >= 0.3 is 0 Å². The average molecular weight is 708 g/mol. The van der Waals surface area contributed by atoms with Crippen LogP contribution in [0.3, 0.4) is 0 Å². The average Bonchev–Trinajstić information content (AvgIpc) is 3.13. The maximum atomic E-state index is 12.8. The Bertz CT molecular complexity index is 1220. The van der Waals surface area contributed by atoms with Crippen molar-refractivity contribution < 1.29 is 24.2 Å². The van der Waals surface area contributed by atoms with Gasteiger partial charge in [-0.2, -0.15) is 0 Å². The first-order valence-corrected chi connectivity index (χ1v) is 20.2. The van der Waals surface area contributed by atoms with Crippen molar-refractivity contribution in [2.45, 2.75) is 156 Å². The number of hydrogen-bond donors (Lipinski definition) is 3. The summed E-state index contributed by atoms with van der Waals surface area (Å²) in [5.41, 5.74) is 3.58. The number of nitrogens with one attached hydrogen (secondary N) is 2. The Morgan fingerprint density at radius 3 is 2.02 bits per heavy atom. The van der Waals surface area contributed by atoms with Crippen molar-refractivity contribution >= 4 is 17.5 Å². The molecule has 1 heterocycles. The van der Waals surface area contributed by atoms with Gasteiger partial charge in [-0.15, -0.1) is 0 Å². The van der Waals surface area contributed by atoms with Crippen LogP contribution in [0.5, 0.6) is 0 Å². The minimum Gasteiger partial charge on any atom is -0.392 e. The van der Waals surface area contributed by atoms with Gasteiger partial charge in [-0.25, -0.2) is 0 Å². The van der Waals surface area contributed by atoms with Crippen LogP contribution in [0.15, 0.2) is 48.5 Å². The Morgan fingerprint density at radius 2 is 1.39 bits per heavy atom. The van der Waals surface area contributed by atoms with Gasteiger partial charge in [0.05, 0.1) is 18.8 Å². The highest BCUT2D eigenvalue weighted by Gasteiger charge is 2.39. The van der Waals surface area contributed by atoms with Crippen molar-refractivity contribution in [1.29, 1.82) is 0 Å². The Hall–Kier alpha value is -2.78. The first-order chi connectivity index (χ1) is 24.8. The molecule has 0 bridgehead atoms. The zero-order chi connectivity index (χ0) is 36.7. The summed E-state index contributed by atoms with van der Waals surface area (Å²) in [6, 6.07) is 16.0. The molecule has 0 saturated carbocycles. The van der Waals surface area contributed by atoms with E-state index < -0.39 is 6.29 Å². The highest BCUT2D eigenvalue weighted by molar-refractivity contribution is 5.90. The van der Waals surface area contributed by atoms with Gasteiger partial charge < -0.3 is 30.1 Å². The van der Waals surface area contributed by atoms with E-state index in [4.69, 9.17) is 9.47 Å². The van der Waals surface area contributed by atoms with E-state index in [1.165, 1.54) is 84.0 Å². The predicted octanol–water partition coefficient (Wildman–Crippen LogP) is 9.63. The minimum atomic E-state index is -0.579. The van der Waals surface area contributed by atoms with E-state index in [2.05, 4.69) is 48.4 Å². The van der Waals surface area contributed by atoms with Gasteiger partial charge in [-0.05, 0) is 62.0 Å². The lowest BCUT2D eigenvalue weighted by atomic mass is 9.90. The van der Waals surface area contributed by atoms with Crippen LogP contribution < -0.4 is 10.6 Å². The van der Waals surface area contributed by atoms with Gasteiger partial charge in [0.1, 0.15) is 0 Å². The normalized spacial score (nSPS) is 18.9. The van der Waals surface area contributed by atoms with Crippen LogP contribution in [0.1, 0.15) is 160 Å². The molecule has 0 radical (unpaired) electrons. The molecule has 4 atom stereocenters. The summed E-state index contributed by atoms with van der Waals surface area (Å²) >= 11 is 0. The number of rotatable bonds is 26. The fourth-order valence-electron chi connectivity index (χ4n) is 6.95.